The number of thiophene rings is 1. The number of hydrogen-bond donors (Lipinski definition) is 0. The lowest BCUT2D eigenvalue weighted by atomic mass is 10.3. The molecule has 0 atom stereocenters. The third-order valence-corrected chi connectivity index (χ3v) is 4.57. The fourth-order valence-corrected chi connectivity index (χ4v) is 3.38. The van der Waals surface area contributed by atoms with Gasteiger partial charge in [-0.1, -0.05) is 13.0 Å². The van der Waals surface area contributed by atoms with Crippen LogP contribution in [0.15, 0.2) is 30.5 Å². The van der Waals surface area contributed by atoms with Gasteiger partial charge in [0.05, 0.1) is 17.6 Å². The summed E-state index contributed by atoms with van der Waals surface area (Å²) >= 11 is 7.74. The molecule has 0 bridgehead atoms. The summed E-state index contributed by atoms with van der Waals surface area (Å²) in [6.45, 7) is 2.82. The number of rotatable bonds is 4. The van der Waals surface area contributed by atoms with E-state index < -0.39 is 0 Å². The fourth-order valence-electron chi connectivity index (χ4n) is 2.21. The lowest BCUT2D eigenvalue weighted by molar-refractivity contribution is 0.868. The molecule has 3 rings (SSSR count). The molecule has 3 heterocycles. The van der Waals surface area contributed by atoms with Gasteiger partial charge in [-0.3, -0.25) is 4.98 Å². The normalized spacial score (nSPS) is 11.0. The van der Waals surface area contributed by atoms with Gasteiger partial charge in [0, 0.05) is 18.1 Å². The van der Waals surface area contributed by atoms with Crippen LogP contribution in [0.25, 0.3) is 10.2 Å². The molecule has 21 heavy (non-hydrogen) atoms. The van der Waals surface area contributed by atoms with E-state index in [-0.39, 0.29) is 5.28 Å². The molecule has 0 aliphatic heterocycles. The Morgan fingerprint density at radius 2 is 2.14 bits per heavy atom. The molecule has 3 aromatic heterocycles. The van der Waals surface area contributed by atoms with Gasteiger partial charge in [0.25, 0.3) is 0 Å². The Balaban J connectivity index is 2.00. The third kappa shape index (κ3) is 2.99. The quantitative estimate of drug-likeness (QED) is 0.683. The van der Waals surface area contributed by atoms with Crippen molar-refractivity contribution in [2.45, 2.75) is 19.9 Å². The van der Waals surface area contributed by atoms with Crippen molar-refractivity contribution < 1.29 is 0 Å². The molecule has 0 amide bonds. The standard InChI is InChI=1S/C15H15ClN4S/c1-3-11-8-12-13(18-15(16)19-14(12)21-11)20(2)9-10-6-4-5-7-17-10/h4-8H,3,9H2,1-2H3. The molecule has 0 aliphatic rings. The summed E-state index contributed by atoms with van der Waals surface area (Å²) in [6.07, 6.45) is 2.79. The largest absolute Gasteiger partial charge is 0.353 e. The highest BCUT2D eigenvalue weighted by molar-refractivity contribution is 7.18. The van der Waals surface area contributed by atoms with Gasteiger partial charge in [-0.05, 0) is 36.2 Å². The van der Waals surface area contributed by atoms with E-state index in [1.54, 1.807) is 17.5 Å². The minimum Gasteiger partial charge on any atom is -0.353 e. The second kappa shape index (κ2) is 5.95. The van der Waals surface area contributed by atoms with Crippen molar-refractivity contribution in [3.8, 4) is 0 Å². The molecule has 0 N–H and O–H groups in total. The zero-order valence-electron chi connectivity index (χ0n) is 11.9. The van der Waals surface area contributed by atoms with Crippen LogP contribution in [0.2, 0.25) is 5.28 Å². The predicted molar refractivity (Wildman–Crippen MR) is 88.1 cm³/mol. The molecule has 0 saturated heterocycles. The van der Waals surface area contributed by atoms with Crippen LogP contribution >= 0.6 is 22.9 Å². The van der Waals surface area contributed by atoms with E-state index in [2.05, 4.69) is 32.8 Å². The van der Waals surface area contributed by atoms with Crippen LogP contribution in [-0.4, -0.2) is 22.0 Å². The summed E-state index contributed by atoms with van der Waals surface area (Å²) in [5, 5.41) is 1.34. The van der Waals surface area contributed by atoms with Crippen molar-refractivity contribution in [3.63, 3.8) is 0 Å². The van der Waals surface area contributed by atoms with E-state index in [4.69, 9.17) is 11.6 Å². The van der Waals surface area contributed by atoms with Crippen LogP contribution in [0.1, 0.15) is 17.5 Å². The van der Waals surface area contributed by atoms with Crippen LogP contribution in [0.3, 0.4) is 0 Å². The maximum absolute atomic E-state index is 6.07. The number of aryl methyl sites for hydroxylation is 1. The van der Waals surface area contributed by atoms with E-state index >= 15 is 0 Å². The van der Waals surface area contributed by atoms with Gasteiger partial charge in [0.15, 0.2) is 0 Å². The maximum atomic E-state index is 6.07. The van der Waals surface area contributed by atoms with E-state index in [1.807, 2.05) is 25.2 Å². The molecule has 0 aromatic carbocycles. The number of halogens is 1. The van der Waals surface area contributed by atoms with E-state index in [9.17, 15) is 0 Å². The minimum atomic E-state index is 0.287. The van der Waals surface area contributed by atoms with Crippen molar-refractivity contribution in [3.05, 3.63) is 46.3 Å². The first-order valence-corrected chi connectivity index (χ1v) is 7.94. The molecule has 0 saturated carbocycles. The zero-order valence-corrected chi connectivity index (χ0v) is 13.4. The van der Waals surface area contributed by atoms with E-state index in [1.165, 1.54) is 4.88 Å². The summed E-state index contributed by atoms with van der Waals surface area (Å²) in [4.78, 5) is 17.4. The third-order valence-electron chi connectivity index (χ3n) is 3.23. The Kier molecular flexibility index (Phi) is 4.03. The number of nitrogens with zero attached hydrogens (tertiary/aromatic N) is 4. The Bertz CT molecular complexity index is 757. The summed E-state index contributed by atoms with van der Waals surface area (Å²) in [7, 11) is 2.00. The second-order valence-corrected chi connectivity index (χ2v) is 6.23. The van der Waals surface area contributed by atoms with Crippen LogP contribution in [-0.2, 0) is 13.0 Å². The molecular formula is C15H15ClN4S. The molecule has 3 aromatic rings. The van der Waals surface area contributed by atoms with Gasteiger partial charge in [0.1, 0.15) is 10.6 Å². The number of pyridine rings is 1. The number of anilines is 1. The Hall–Kier alpha value is -1.72. The number of fused-ring (bicyclic) bond motifs is 1. The Labute approximate surface area is 132 Å². The lowest BCUT2D eigenvalue weighted by Gasteiger charge is -2.18. The summed E-state index contributed by atoms with van der Waals surface area (Å²) in [6, 6.07) is 8.05. The highest BCUT2D eigenvalue weighted by Gasteiger charge is 2.14. The van der Waals surface area contributed by atoms with Crippen LogP contribution in [0.4, 0.5) is 5.82 Å². The Morgan fingerprint density at radius 1 is 1.29 bits per heavy atom. The molecule has 0 radical (unpaired) electrons. The van der Waals surface area contributed by atoms with E-state index in [0.29, 0.717) is 6.54 Å². The predicted octanol–water partition coefficient (Wildman–Crippen LogP) is 3.94. The molecule has 4 nitrogen and oxygen atoms in total. The van der Waals surface area contributed by atoms with Gasteiger partial charge in [-0.2, -0.15) is 4.98 Å². The first-order valence-electron chi connectivity index (χ1n) is 6.74. The van der Waals surface area contributed by atoms with Crippen molar-refractivity contribution in [2.75, 3.05) is 11.9 Å². The number of hydrogen-bond acceptors (Lipinski definition) is 5. The minimum absolute atomic E-state index is 0.287. The van der Waals surface area contributed by atoms with Crippen molar-refractivity contribution in [1.82, 2.24) is 15.0 Å². The highest BCUT2D eigenvalue weighted by atomic mass is 35.5. The number of aromatic nitrogens is 3. The van der Waals surface area contributed by atoms with Crippen LogP contribution in [0, 0.1) is 0 Å². The molecule has 0 fully saturated rings. The molecule has 0 spiro atoms. The molecule has 0 aliphatic carbocycles. The topological polar surface area (TPSA) is 41.9 Å². The summed E-state index contributed by atoms with van der Waals surface area (Å²) in [5.41, 5.74) is 0.994. The summed E-state index contributed by atoms with van der Waals surface area (Å²) < 4.78 is 0. The first-order chi connectivity index (χ1) is 10.2. The van der Waals surface area contributed by atoms with Crippen molar-refractivity contribution in [2.24, 2.45) is 0 Å². The van der Waals surface area contributed by atoms with Crippen molar-refractivity contribution in [1.29, 1.82) is 0 Å². The first kappa shape index (κ1) is 14.2. The Morgan fingerprint density at radius 3 is 2.86 bits per heavy atom. The van der Waals surface area contributed by atoms with Gasteiger partial charge in [-0.15, -0.1) is 11.3 Å². The fraction of sp³-hybridized carbons (Fsp3) is 0.267. The van der Waals surface area contributed by atoms with Gasteiger partial charge >= 0.3 is 0 Å². The zero-order chi connectivity index (χ0) is 14.8. The van der Waals surface area contributed by atoms with Crippen LogP contribution < -0.4 is 4.90 Å². The smallest absolute Gasteiger partial charge is 0.225 e. The van der Waals surface area contributed by atoms with E-state index in [0.717, 1.165) is 28.1 Å². The second-order valence-electron chi connectivity index (χ2n) is 4.78. The highest BCUT2D eigenvalue weighted by Crippen LogP contribution is 2.32. The van der Waals surface area contributed by atoms with Gasteiger partial charge < -0.3 is 4.90 Å². The SMILES string of the molecule is CCc1cc2c(N(C)Cc3ccccn3)nc(Cl)nc2s1. The molecule has 108 valence electrons. The average Bonchev–Trinajstić information content (AvgIpc) is 2.90. The average molecular weight is 319 g/mol. The monoisotopic (exact) mass is 318 g/mol. The maximum Gasteiger partial charge on any atom is 0.225 e. The van der Waals surface area contributed by atoms with Gasteiger partial charge in [-0.25, -0.2) is 4.98 Å². The molecular weight excluding hydrogens is 304 g/mol. The van der Waals surface area contributed by atoms with Gasteiger partial charge in [0.2, 0.25) is 5.28 Å². The van der Waals surface area contributed by atoms with Crippen molar-refractivity contribution >= 4 is 39.0 Å². The lowest BCUT2D eigenvalue weighted by Crippen LogP contribution is -2.18. The van der Waals surface area contributed by atoms with Crippen LogP contribution in [0.5, 0.6) is 0 Å². The summed E-state index contributed by atoms with van der Waals surface area (Å²) in [5.74, 6) is 0.853. The molecule has 6 heteroatoms. The molecule has 0 unspecified atom stereocenters.